The molecule has 8 nitrogen and oxygen atoms in total. The number of thiazole rings is 1. The summed E-state index contributed by atoms with van der Waals surface area (Å²) in [4.78, 5) is 33.8. The summed E-state index contributed by atoms with van der Waals surface area (Å²) in [5, 5.41) is 5.53. The lowest BCUT2D eigenvalue weighted by Crippen LogP contribution is -2.45. The maximum Gasteiger partial charge on any atom is 0.416 e. The van der Waals surface area contributed by atoms with Gasteiger partial charge in [0.2, 0.25) is 0 Å². The highest BCUT2D eigenvalue weighted by Crippen LogP contribution is 2.35. The standard InChI is InChI=1S/C26H29F3N6O2S/c1-3-34-8-10-35(11-9-34)15-18-6-7-19(13-20(18)26(27,28)29)32-23(36)17-5-4-16(2)21(12-17)33-24(37)22-14-31-25(30)38-22/h4-7,12-14H,3,8-11,15H2,1-2H3,(H2,30,31)(H,32,36)(H,33,37). The number of benzene rings is 2. The first kappa shape index (κ1) is 27.6. The number of hydrogen-bond acceptors (Lipinski definition) is 7. The first-order valence-electron chi connectivity index (χ1n) is 12.1. The highest BCUT2D eigenvalue weighted by Gasteiger charge is 2.34. The third-order valence-corrected chi connectivity index (χ3v) is 7.30. The molecule has 0 aliphatic carbocycles. The van der Waals surface area contributed by atoms with Crippen LogP contribution in [0.5, 0.6) is 0 Å². The fourth-order valence-corrected chi connectivity index (χ4v) is 4.82. The molecule has 0 saturated carbocycles. The van der Waals surface area contributed by atoms with Gasteiger partial charge >= 0.3 is 6.18 Å². The number of likely N-dealkylation sites (N-methyl/N-ethyl adjacent to an activating group) is 1. The van der Waals surface area contributed by atoms with Gasteiger partial charge in [-0.3, -0.25) is 14.5 Å². The first-order valence-corrected chi connectivity index (χ1v) is 12.9. The number of rotatable bonds is 7. The van der Waals surface area contributed by atoms with Crippen LogP contribution in [0.15, 0.2) is 42.6 Å². The SMILES string of the molecule is CCN1CCN(Cc2ccc(NC(=O)c3ccc(C)c(NC(=O)c4cnc(N)s4)c3)cc2C(F)(F)F)CC1. The molecule has 0 radical (unpaired) electrons. The molecule has 2 heterocycles. The highest BCUT2D eigenvalue weighted by molar-refractivity contribution is 7.17. The maximum atomic E-state index is 13.9. The van der Waals surface area contributed by atoms with Crippen LogP contribution in [0.3, 0.4) is 0 Å². The third-order valence-electron chi connectivity index (χ3n) is 6.47. The molecule has 12 heteroatoms. The minimum absolute atomic E-state index is 0.0353. The van der Waals surface area contributed by atoms with Crippen molar-refractivity contribution in [2.45, 2.75) is 26.6 Å². The second-order valence-electron chi connectivity index (χ2n) is 9.08. The van der Waals surface area contributed by atoms with E-state index in [4.69, 9.17) is 5.73 Å². The zero-order valence-corrected chi connectivity index (χ0v) is 21.9. The predicted octanol–water partition coefficient (Wildman–Crippen LogP) is 4.69. The molecule has 4 N–H and O–H groups in total. The smallest absolute Gasteiger partial charge is 0.375 e. The van der Waals surface area contributed by atoms with Gasteiger partial charge in [-0.1, -0.05) is 30.4 Å². The van der Waals surface area contributed by atoms with Crippen LogP contribution in [0.25, 0.3) is 0 Å². The van der Waals surface area contributed by atoms with Gasteiger partial charge in [-0.05, 0) is 48.9 Å². The molecule has 202 valence electrons. The number of carbonyl (C=O) groups is 2. The van der Waals surface area contributed by atoms with E-state index in [0.29, 0.717) is 29.2 Å². The molecule has 1 aliphatic heterocycles. The van der Waals surface area contributed by atoms with Gasteiger partial charge in [-0.2, -0.15) is 13.2 Å². The van der Waals surface area contributed by atoms with Gasteiger partial charge in [0.1, 0.15) is 4.88 Å². The van der Waals surface area contributed by atoms with E-state index in [0.717, 1.165) is 37.0 Å². The number of hydrogen-bond donors (Lipinski definition) is 3. The molecule has 0 spiro atoms. The average Bonchev–Trinajstić information content (AvgIpc) is 3.32. The third kappa shape index (κ3) is 6.69. The first-order chi connectivity index (χ1) is 18.0. The number of piperazine rings is 1. The lowest BCUT2D eigenvalue weighted by Gasteiger charge is -2.34. The molecule has 1 fully saturated rings. The highest BCUT2D eigenvalue weighted by atomic mass is 32.1. The van der Waals surface area contributed by atoms with Crippen molar-refractivity contribution in [3.05, 3.63) is 69.7 Å². The van der Waals surface area contributed by atoms with Crippen molar-refractivity contribution in [1.82, 2.24) is 14.8 Å². The summed E-state index contributed by atoms with van der Waals surface area (Å²) in [6.45, 7) is 7.98. The lowest BCUT2D eigenvalue weighted by molar-refractivity contribution is -0.138. The van der Waals surface area contributed by atoms with Crippen molar-refractivity contribution >= 4 is 39.7 Å². The van der Waals surface area contributed by atoms with Crippen LogP contribution in [0, 0.1) is 6.92 Å². The van der Waals surface area contributed by atoms with Crippen molar-refractivity contribution in [3.8, 4) is 0 Å². The Hall–Kier alpha value is -3.48. The van der Waals surface area contributed by atoms with Crippen molar-refractivity contribution < 1.29 is 22.8 Å². The minimum atomic E-state index is -4.57. The van der Waals surface area contributed by atoms with Crippen LogP contribution in [0.2, 0.25) is 0 Å². The number of nitrogens with two attached hydrogens (primary N) is 1. The Morgan fingerprint density at radius 3 is 2.37 bits per heavy atom. The average molecular weight is 547 g/mol. The number of aromatic nitrogens is 1. The quantitative estimate of drug-likeness (QED) is 0.397. The van der Waals surface area contributed by atoms with E-state index in [9.17, 15) is 22.8 Å². The predicted molar refractivity (Wildman–Crippen MR) is 142 cm³/mol. The fourth-order valence-electron chi connectivity index (χ4n) is 4.24. The zero-order valence-electron chi connectivity index (χ0n) is 21.1. The van der Waals surface area contributed by atoms with Crippen LogP contribution < -0.4 is 16.4 Å². The Kier molecular flexibility index (Phi) is 8.34. The van der Waals surface area contributed by atoms with E-state index in [1.165, 1.54) is 24.4 Å². The normalized spacial score (nSPS) is 14.9. The van der Waals surface area contributed by atoms with Crippen molar-refractivity contribution in [2.24, 2.45) is 0 Å². The summed E-state index contributed by atoms with van der Waals surface area (Å²) in [6.07, 6.45) is -3.21. The van der Waals surface area contributed by atoms with E-state index in [-0.39, 0.29) is 28.5 Å². The van der Waals surface area contributed by atoms with Gasteiger partial charge in [0.05, 0.1) is 11.8 Å². The van der Waals surface area contributed by atoms with Crippen molar-refractivity contribution in [3.63, 3.8) is 0 Å². The molecule has 2 aromatic carbocycles. The Morgan fingerprint density at radius 1 is 1.03 bits per heavy atom. The number of nitrogens with one attached hydrogen (secondary N) is 2. The Labute approximate surface area is 222 Å². The fraction of sp³-hybridized carbons (Fsp3) is 0.346. The number of nitrogens with zero attached hydrogens (tertiary/aromatic N) is 3. The molecular formula is C26H29F3N6O2S. The number of carbonyl (C=O) groups excluding carboxylic acids is 2. The molecule has 3 aromatic rings. The summed E-state index contributed by atoms with van der Waals surface area (Å²) >= 11 is 1.03. The largest absolute Gasteiger partial charge is 0.416 e. The molecular weight excluding hydrogens is 517 g/mol. The molecule has 0 unspecified atom stereocenters. The van der Waals surface area contributed by atoms with Crippen LogP contribution in [0.4, 0.5) is 29.7 Å². The minimum Gasteiger partial charge on any atom is -0.375 e. The van der Waals surface area contributed by atoms with E-state index >= 15 is 0 Å². The summed E-state index contributed by atoms with van der Waals surface area (Å²) in [5.41, 5.74) is 6.30. The van der Waals surface area contributed by atoms with Crippen LogP contribution in [-0.4, -0.2) is 59.3 Å². The van der Waals surface area contributed by atoms with Crippen LogP contribution in [0.1, 0.15) is 43.6 Å². The monoisotopic (exact) mass is 546 g/mol. The number of alkyl halides is 3. The maximum absolute atomic E-state index is 13.9. The molecule has 4 rings (SSSR count). The molecule has 1 aromatic heterocycles. The lowest BCUT2D eigenvalue weighted by atomic mass is 10.0. The van der Waals surface area contributed by atoms with Gasteiger partial charge in [-0.25, -0.2) is 4.98 Å². The Morgan fingerprint density at radius 2 is 1.74 bits per heavy atom. The Balaban J connectivity index is 1.48. The number of anilines is 3. The van der Waals surface area contributed by atoms with E-state index in [1.54, 1.807) is 19.1 Å². The number of aryl methyl sites for hydroxylation is 1. The molecule has 0 atom stereocenters. The number of halogens is 3. The number of amides is 2. The molecule has 1 saturated heterocycles. The van der Waals surface area contributed by atoms with Crippen LogP contribution in [-0.2, 0) is 12.7 Å². The molecule has 1 aliphatic rings. The number of nitrogen functional groups attached to an aromatic ring is 1. The van der Waals surface area contributed by atoms with E-state index < -0.39 is 23.6 Å². The second-order valence-corrected chi connectivity index (χ2v) is 10.1. The van der Waals surface area contributed by atoms with Gasteiger partial charge in [-0.15, -0.1) is 0 Å². The van der Waals surface area contributed by atoms with Gasteiger partial charge in [0.15, 0.2) is 5.13 Å². The van der Waals surface area contributed by atoms with E-state index in [1.807, 2.05) is 4.90 Å². The van der Waals surface area contributed by atoms with Crippen molar-refractivity contribution in [1.29, 1.82) is 0 Å². The molecule has 2 amide bonds. The Bertz CT molecular complexity index is 1320. The topological polar surface area (TPSA) is 104 Å². The van der Waals surface area contributed by atoms with Crippen molar-refractivity contribution in [2.75, 3.05) is 49.1 Å². The second kappa shape index (κ2) is 11.5. The zero-order chi connectivity index (χ0) is 27.4. The van der Waals surface area contributed by atoms with Gasteiger partial charge in [0, 0.05) is 49.7 Å². The van der Waals surface area contributed by atoms with Crippen LogP contribution >= 0.6 is 11.3 Å². The van der Waals surface area contributed by atoms with E-state index in [2.05, 4.69) is 27.4 Å². The van der Waals surface area contributed by atoms with Gasteiger partial charge < -0.3 is 21.3 Å². The summed E-state index contributed by atoms with van der Waals surface area (Å²) in [6, 6.07) is 8.54. The molecule has 38 heavy (non-hydrogen) atoms. The summed E-state index contributed by atoms with van der Waals surface area (Å²) < 4.78 is 41.8. The summed E-state index contributed by atoms with van der Waals surface area (Å²) in [7, 11) is 0. The molecule has 0 bridgehead atoms. The summed E-state index contributed by atoms with van der Waals surface area (Å²) in [5.74, 6) is -1.03. The van der Waals surface area contributed by atoms with Gasteiger partial charge in [0.25, 0.3) is 11.8 Å².